The van der Waals surface area contributed by atoms with Crippen LogP contribution in [0.1, 0.15) is 30.6 Å². The van der Waals surface area contributed by atoms with Gasteiger partial charge in [-0.15, -0.1) is 0 Å². The number of nitrogens with one attached hydrogen (secondary N) is 1. The van der Waals surface area contributed by atoms with Gasteiger partial charge in [-0.1, -0.05) is 32.0 Å². The molecule has 1 fully saturated rings. The van der Waals surface area contributed by atoms with Gasteiger partial charge in [-0.2, -0.15) is 0 Å². The van der Waals surface area contributed by atoms with Crippen molar-refractivity contribution in [2.75, 3.05) is 39.4 Å². The van der Waals surface area contributed by atoms with E-state index in [4.69, 9.17) is 4.74 Å². The molecule has 3 heterocycles. The Morgan fingerprint density at radius 3 is 2.68 bits per heavy atom. The summed E-state index contributed by atoms with van der Waals surface area (Å²) in [5.74, 6) is 0.176. The summed E-state index contributed by atoms with van der Waals surface area (Å²) in [6, 6.07) is 7.88. The lowest BCUT2D eigenvalue weighted by atomic mass is 10.1. The fourth-order valence-electron chi connectivity index (χ4n) is 4.46. The molecule has 2 aromatic heterocycles. The Morgan fingerprint density at radius 1 is 1.19 bits per heavy atom. The van der Waals surface area contributed by atoms with Crippen LogP contribution in [0.25, 0.3) is 21.8 Å². The van der Waals surface area contributed by atoms with Gasteiger partial charge in [0.1, 0.15) is 5.52 Å². The fraction of sp³-hybridized carbons (Fsp3) is 0.500. The summed E-state index contributed by atoms with van der Waals surface area (Å²) < 4.78 is 8.99. The van der Waals surface area contributed by atoms with E-state index in [0.29, 0.717) is 30.1 Å². The lowest BCUT2D eigenvalue weighted by molar-refractivity contribution is 0.0374. The first-order valence-electron chi connectivity index (χ1n) is 11.2. The standard InChI is InChI=1S/C24H32N4O3/c1-17(2)15-28-16-19(23(29)25-9-6-10-27-11-13-31-14-12-27)21-18-7-4-5-8-20(18)26(3)22(21)24(28)30/h4-5,7-8,16-17H,6,9-15H2,1-3H3,(H,25,29). The Kier molecular flexibility index (Phi) is 6.43. The van der Waals surface area contributed by atoms with Crippen LogP contribution in [0.5, 0.6) is 0 Å². The molecule has 166 valence electrons. The Balaban J connectivity index is 1.65. The first kappa shape index (κ1) is 21.6. The van der Waals surface area contributed by atoms with Crippen LogP contribution in [-0.2, 0) is 18.3 Å². The number of hydrogen-bond acceptors (Lipinski definition) is 4. The normalized spacial score (nSPS) is 15.2. The maximum absolute atomic E-state index is 13.3. The predicted molar refractivity (Wildman–Crippen MR) is 124 cm³/mol. The molecular weight excluding hydrogens is 392 g/mol. The van der Waals surface area contributed by atoms with Gasteiger partial charge in [-0.3, -0.25) is 14.5 Å². The lowest BCUT2D eigenvalue weighted by Gasteiger charge is -2.26. The molecule has 4 rings (SSSR count). The maximum atomic E-state index is 13.3. The molecular formula is C24H32N4O3. The molecule has 1 N–H and O–H groups in total. The van der Waals surface area contributed by atoms with Gasteiger partial charge < -0.3 is 19.2 Å². The first-order valence-corrected chi connectivity index (χ1v) is 11.2. The molecule has 31 heavy (non-hydrogen) atoms. The number of fused-ring (bicyclic) bond motifs is 3. The van der Waals surface area contributed by atoms with Gasteiger partial charge in [0, 0.05) is 55.7 Å². The van der Waals surface area contributed by atoms with Crippen LogP contribution in [-0.4, -0.2) is 59.3 Å². The number of amides is 1. The topological polar surface area (TPSA) is 68.5 Å². The van der Waals surface area contributed by atoms with Crippen LogP contribution in [0.2, 0.25) is 0 Å². The van der Waals surface area contributed by atoms with E-state index in [1.165, 1.54) is 0 Å². The van der Waals surface area contributed by atoms with E-state index in [-0.39, 0.29) is 11.5 Å². The van der Waals surface area contributed by atoms with Crippen molar-refractivity contribution >= 4 is 27.7 Å². The number of morpholine rings is 1. The second-order valence-electron chi connectivity index (χ2n) is 8.76. The highest BCUT2D eigenvalue weighted by molar-refractivity contribution is 6.17. The molecule has 7 heteroatoms. The molecule has 0 unspecified atom stereocenters. The van der Waals surface area contributed by atoms with Crippen molar-refractivity contribution in [3.63, 3.8) is 0 Å². The summed E-state index contributed by atoms with van der Waals surface area (Å²) in [7, 11) is 1.90. The van der Waals surface area contributed by atoms with Gasteiger partial charge in [0.2, 0.25) is 0 Å². The summed E-state index contributed by atoms with van der Waals surface area (Å²) in [5.41, 5.74) is 2.06. The van der Waals surface area contributed by atoms with E-state index in [9.17, 15) is 9.59 Å². The number of rotatable bonds is 7. The zero-order valence-electron chi connectivity index (χ0n) is 18.7. The maximum Gasteiger partial charge on any atom is 0.275 e. The number of carbonyl (C=O) groups is 1. The van der Waals surface area contributed by atoms with Gasteiger partial charge in [-0.05, 0) is 24.9 Å². The van der Waals surface area contributed by atoms with Crippen LogP contribution in [0.15, 0.2) is 35.3 Å². The first-order chi connectivity index (χ1) is 15.0. The fourth-order valence-corrected chi connectivity index (χ4v) is 4.46. The largest absolute Gasteiger partial charge is 0.379 e. The summed E-state index contributed by atoms with van der Waals surface area (Å²) >= 11 is 0. The Bertz CT molecular complexity index is 1140. The van der Waals surface area contributed by atoms with Crippen molar-refractivity contribution < 1.29 is 9.53 Å². The average Bonchev–Trinajstić information content (AvgIpc) is 3.07. The predicted octanol–water partition coefficient (Wildman–Crippen LogP) is 2.60. The third-order valence-electron chi connectivity index (χ3n) is 5.97. The van der Waals surface area contributed by atoms with Crippen LogP contribution in [0.3, 0.4) is 0 Å². The minimum absolute atomic E-state index is 0.0498. The second-order valence-corrected chi connectivity index (χ2v) is 8.76. The van der Waals surface area contributed by atoms with Gasteiger partial charge in [-0.25, -0.2) is 0 Å². The average molecular weight is 425 g/mol. The molecule has 3 aromatic rings. The number of aryl methyl sites for hydroxylation is 1. The lowest BCUT2D eigenvalue weighted by Crippen LogP contribution is -2.38. The number of benzene rings is 1. The number of carbonyl (C=O) groups excluding carboxylic acids is 1. The molecule has 1 aliphatic heterocycles. The molecule has 0 aliphatic carbocycles. The highest BCUT2D eigenvalue weighted by Crippen LogP contribution is 2.29. The van der Waals surface area contributed by atoms with E-state index in [0.717, 1.165) is 55.6 Å². The summed E-state index contributed by atoms with van der Waals surface area (Å²) in [4.78, 5) is 28.9. The van der Waals surface area contributed by atoms with Gasteiger partial charge in [0.15, 0.2) is 0 Å². The number of aromatic nitrogens is 2. The number of nitrogens with zero attached hydrogens (tertiary/aromatic N) is 3. The van der Waals surface area contributed by atoms with E-state index < -0.39 is 0 Å². The molecule has 0 radical (unpaired) electrons. The molecule has 1 amide bonds. The molecule has 0 saturated carbocycles. The number of hydrogen-bond donors (Lipinski definition) is 1. The molecule has 0 atom stereocenters. The Morgan fingerprint density at radius 2 is 1.94 bits per heavy atom. The van der Waals surface area contributed by atoms with Gasteiger partial charge >= 0.3 is 0 Å². The van der Waals surface area contributed by atoms with Crippen molar-refractivity contribution in [2.45, 2.75) is 26.8 Å². The van der Waals surface area contributed by atoms with E-state index in [2.05, 4.69) is 24.1 Å². The number of para-hydroxylation sites is 1. The molecule has 0 spiro atoms. The molecule has 1 aromatic carbocycles. The quantitative estimate of drug-likeness (QED) is 0.592. The summed E-state index contributed by atoms with van der Waals surface area (Å²) in [5, 5.41) is 4.76. The minimum Gasteiger partial charge on any atom is -0.379 e. The van der Waals surface area contributed by atoms with E-state index in [1.807, 2.05) is 35.9 Å². The Labute approximate surface area is 182 Å². The smallest absolute Gasteiger partial charge is 0.275 e. The van der Waals surface area contributed by atoms with Crippen LogP contribution < -0.4 is 10.9 Å². The van der Waals surface area contributed by atoms with Crippen LogP contribution in [0, 0.1) is 5.92 Å². The highest BCUT2D eigenvalue weighted by Gasteiger charge is 2.21. The summed E-state index contributed by atoms with van der Waals surface area (Å²) in [6.45, 7) is 9.73. The summed E-state index contributed by atoms with van der Waals surface area (Å²) in [6.07, 6.45) is 2.63. The molecule has 1 saturated heterocycles. The molecule has 7 nitrogen and oxygen atoms in total. The van der Waals surface area contributed by atoms with E-state index >= 15 is 0 Å². The second kappa shape index (κ2) is 9.24. The minimum atomic E-state index is -0.124. The van der Waals surface area contributed by atoms with Crippen LogP contribution in [0.4, 0.5) is 0 Å². The third-order valence-corrected chi connectivity index (χ3v) is 5.97. The molecule has 0 bridgehead atoms. The van der Waals surface area contributed by atoms with Gasteiger partial charge in [0.25, 0.3) is 11.5 Å². The van der Waals surface area contributed by atoms with Crippen molar-refractivity contribution in [1.82, 2.24) is 19.4 Å². The SMILES string of the molecule is CC(C)Cn1cc(C(=O)NCCCN2CCOCC2)c2c3ccccc3n(C)c2c1=O. The van der Waals surface area contributed by atoms with Crippen molar-refractivity contribution in [1.29, 1.82) is 0 Å². The zero-order valence-corrected chi connectivity index (χ0v) is 18.7. The van der Waals surface area contributed by atoms with Gasteiger partial charge in [0.05, 0.1) is 18.8 Å². The van der Waals surface area contributed by atoms with Crippen molar-refractivity contribution in [3.8, 4) is 0 Å². The monoisotopic (exact) mass is 424 g/mol. The van der Waals surface area contributed by atoms with Crippen molar-refractivity contribution in [3.05, 3.63) is 46.4 Å². The van der Waals surface area contributed by atoms with Crippen molar-refractivity contribution in [2.24, 2.45) is 13.0 Å². The zero-order chi connectivity index (χ0) is 22.0. The van der Waals surface area contributed by atoms with Crippen LogP contribution >= 0.6 is 0 Å². The Hall–Kier alpha value is -2.64. The number of pyridine rings is 1. The number of ether oxygens (including phenoxy) is 1. The molecule has 1 aliphatic rings. The van der Waals surface area contributed by atoms with E-state index in [1.54, 1.807) is 10.8 Å². The third kappa shape index (κ3) is 4.38. The highest BCUT2D eigenvalue weighted by atomic mass is 16.5.